The fraction of sp³-hybridized carbons (Fsp3) is 0.500. The molecule has 30 heavy (non-hydrogen) atoms. The Hall–Kier alpha value is -3.04. The Kier molecular flexibility index (Phi) is 4.95. The number of benzene rings is 1. The summed E-state index contributed by atoms with van der Waals surface area (Å²) in [7, 11) is 1.62. The Morgan fingerprint density at radius 1 is 1.17 bits per heavy atom. The van der Waals surface area contributed by atoms with Crippen LogP contribution in [-0.2, 0) is 6.54 Å². The van der Waals surface area contributed by atoms with Crippen molar-refractivity contribution in [2.75, 3.05) is 30.4 Å². The number of rotatable bonds is 5. The molecular weight excluding hydrogens is 392 g/mol. The van der Waals surface area contributed by atoms with Crippen LogP contribution in [0.3, 0.4) is 0 Å². The van der Waals surface area contributed by atoms with Crippen molar-refractivity contribution >= 4 is 22.9 Å². The number of fused-ring (bicyclic) bond motifs is 1. The second-order valence-corrected chi connectivity index (χ2v) is 8.54. The second-order valence-electron chi connectivity index (χ2n) is 8.54. The fourth-order valence-corrected chi connectivity index (χ4v) is 3.38. The molecule has 10 heteroatoms. The summed E-state index contributed by atoms with van der Waals surface area (Å²) in [5, 5.41) is 11.7. The molecule has 0 bridgehead atoms. The van der Waals surface area contributed by atoms with Gasteiger partial charge >= 0.3 is 0 Å². The number of ether oxygens (including phenoxy) is 1. The normalized spacial score (nSPS) is 16.3. The summed E-state index contributed by atoms with van der Waals surface area (Å²) < 4.78 is 34.6. The van der Waals surface area contributed by atoms with Crippen LogP contribution in [0.4, 0.5) is 20.5 Å². The van der Waals surface area contributed by atoms with Gasteiger partial charge in [0.15, 0.2) is 17.0 Å². The number of aromatic nitrogens is 5. The van der Waals surface area contributed by atoms with Crippen LogP contribution in [-0.4, -0.2) is 56.6 Å². The predicted molar refractivity (Wildman–Crippen MR) is 110 cm³/mol. The molecule has 0 atom stereocenters. The first-order chi connectivity index (χ1) is 14.1. The van der Waals surface area contributed by atoms with Crippen molar-refractivity contribution in [3.63, 3.8) is 0 Å². The Morgan fingerprint density at radius 3 is 2.50 bits per heavy atom. The highest BCUT2D eigenvalue weighted by atomic mass is 19.3. The zero-order valence-corrected chi connectivity index (χ0v) is 17.5. The van der Waals surface area contributed by atoms with Gasteiger partial charge in [0.1, 0.15) is 5.75 Å². The Bertz CT molecular complexity index is 1040. The van der Waals surface area contributed by atoms with Crippen LogP contribution in [0.15, 0.2) is 24.3 Å². The maximum atomic E-state index is 13.9. The number of hydrogen-bond donors (Lipinski definition) is 1. The molecule has 1 aliphatic heterocycles. The van der Waals surface area contributed by atoms with Crippen molar-refractivity contribution in [2.24, 2.45) is 0 Å². The first-order valence-electron chi connectivity index (χ1n) is 9.79. The van der Waals surface area contributed by atoms with Crippen molar-refractivity contribution < 1.29 is 13.5 Å². The van der Waals surface area contributed by atoms with Gasteiger partial charge in [-0.05, 0) is 38.5 Å². The summed E-state index contributed by atoms with van der Waals surface area (Å²) >= 11 is 0. The SMILES string of the molecule is COc1ccc(Cn2nnc3c(N4CCC(F)(F)C4)nc(NC(C)(C)C)nc32)cc1. The lowest BCUT2D eigenvalue weighted by Gasteiger charge is -2.23. The van der Waals surface area contributed by atoms with Crippen molar-refractivity contribution in [1.82, 2.24) is 25.0 Å². The summed E-state index contributed by atoms with van der Waals surface area (Å²) in [6.45, 7) is 6.20. The van der Waals surface area contributed by atoms with E-state index >= 15 is 0 Å². The standard InChI is InChI=1S/C20H25F2N7O/c1-19(2,3)25-18-23-16(28-10-9-20(21,22)12-28)15-17(24-18)29(27-26-15)11-13-5-7-14(30-4)8-6-13/h5-8H,9-12H2,1-4H3,(H,23,24,25). The average molecular weight is 417 g/mol. The molecule has 160 valence electrons. The van der Waals surface area contributed by atoms with Crippen LogP contribution >= 0.6 is 0 Å². The van der Waals surface area contributed by atoms with Gasteiger partial charge in [0.05, 0.1) is 20.2 Å². The minimum Gasteiger partial charge on any atom is -0.497 e. The highest BCUT2D eigenvalue weighted by molar-refractivity contribution is 5.84. The minimum atomic E-state index is -2.74. The van der Waals surface area contributed by atoms with Gasteiger partial charge in [-0.1, -0.05) is 17.3 Å². The second kappa shape index (κ2) is 7.33. The first-order valence-corrected chi connectivity index (χ1v) is 9.79. The molecule has 2 aromatic heterocycles. The molecule has 1 aliphatic rings. The minimum absolute atomic E-state index is 0.208. The largest absolute Gasteiger partial charge is 0.497 e. The lowest BCUT2D eigenvalue weighted by molar-refractivity contribution is 0.0257. The lowest BCUT2D eigenvalue weighted by Crippen LogP contribution is -2.29. The van der Waals surface area contributed by atoms with Gasteiger partial charge in [0.25, 0.3) is 5.92 Å². The molecule has 4 rings (SSSR count). The van der Waals surface area contributed by atoms with Gasteiger partial charge in [-0.25, -0.2) is 13.5 Å². The average Bonchev–Trinajstić information content (AvgIpc) is 3.23. The molecule has 3 heterocycles. The number of hydrogen-bond acceptors (Lipinski definition) is 7. The highest BCUT2D eigenvalue weighted by Gasteiger charge is 2.40. The van der Waals surface area contributed by atoms with E-state index < -0.39 is 5.92 Å². The third-order valence-corrected chi connectivity index (χ3v) is 4.79. The molecule has 3 aromatic rings. The molecule has 1 saturated heterocycles. The molecule has 0 spiro atoms. The number of halogens is 2. The van der Waals surface area contributed by atoms with Crippen LogP contribution in [0.25, 0.3) is 11.2 Å². The number of alkyl halides is 2. The third-order valence-electron chi connectivity index (χ3n) is 4.79. The summed E-state index contributed by atoms with van der Waals surface area (Å²) in [5.74, 6) is -1.24. The molecule has 8 nitrogen and oxygen atoms in total. The topological polar surface area (TPSA) is 81.0 Å². The monoisotopic (exact) mass is 417 g/mol. The van der Waals surface area contributed by atoms with E-state index in [2.05, 4.69) is 25.6 Å². The molecule has 0 amide bonds. The molecule has 0 radical (unpaired) electrons. The number of methoxy groups -OCH3 is 1. The molecule has 1 aromatic carbocycles. The van der Waals surface area contributed by atoms with Gasteiger partial charge in [-0.3, -0.25) is 0 Å². The van der Waals surface area contributed by atoms with E-state index in [4.69, 9.17) is 4.74 Å². The summed E-state index contributed by atoms with van der Waals surface area (Å²) in [6.07, 6.45) is -0.208. The van der Waals surface area contributed by atoms with E-state index in [-0.39, 0.29) is 25.0 Å². The first kappa shape index (κ1) is 20.2. The third kappa shape index (κ3) is 4.27. The quantitative estimate of drug-likeness (QED) is 0.682. The van der Waals surface area contributed by atoms with Crippen LogP contribution < -0.4 is 15.0 Å². The zero-order chi connectivity index (χ0) is 21.5. The van der Waals surface area contributed by atoms with Crippen molar-refractivity contribution in [3.05, 3.63) is 29.8 Å². The maximum Gasteiger partial charge on any atom is 0.266 e. The molecule has 0 saturated carbocycles. The Balaban J connectivity index is 1.75. The summed E-state index contributed by atoms with van der Waals surface area (Å²) in [5.41, 5.74) is 1.60. The van der Waals surface area contributed by atoms with Crippen LogP contribution in [0, 0.1) is 0 Å². The van der Waals surface area contributed by atoms with Crippen LogP contribution in [0.2, 0.25) is 0 Å². The van der Waals surface area contributed by atoms with E-state index in [9.17, 15) is 8.78 Å². The van der Waals surface area contributed by atoms with E-state index in [1.54, 1.807) is 16.7 Å². The zero-order valence-electron chi connectivity index (χ0n) is 17.5. The van der Waals surface area contributed by atoms with Gasteiger partial charge in [0.2, 0.25) is 5.95 Å². The van der Waals surface area contributed by atoms with Gasteiger partial charge in [-0.2, -0.15) is 9.97 Å². The molecule has 0 aliphatic carbocycles. The Morgan fingerprint density at radius 2 is 1.90 bits per heavy atom. The van der Waals surface area contributed by atoms with Crippen LogP contribution in [0.5, 0.6) is 5.75 Å². The van der Waals surface area contributed by atoms with E-state index in [0.29, 0.717) is 29.5 Å². The van der Waals surface area contributed by atoms with Crippen molar-refractivity contribution in [3.8, 4) is 5.75 Å². The number of anilines is 2. The summed E-state index contributed by atoms with van der Waals surface area (Å²) in [4.78, 5) is 10.7. The van der Waals surface area contributed by atoms with E-state index in [1.807, 2.05) is 45.0 Å². The van der Waals surface area contributed by atoms with E-state index in [0.717, 1.165) is 11.3 Å². The maximum absolute atomic E-state index is 13.9. The smallest absolute Gasteiger partial charge is 0.266 e. The number of nitrogens with one attached hydrogen (secondary N) is 1. The van der Waals surface area contributed by atoms with Gasteiger partial charge in [-0.15, -0.1) is 5.10 Å². The summed E-state index contributed by atoms with van der Waals surface area (Å²) in [6, 6.07) is 7.61. The lowest BCUT2D eigenvalue weighted by atomic mass is 10.1. The molecule has 0 unspecified atom stereocenters. The fourth-order valence-electron chi connectivity index (χ4n) is 3.38. The molecule has 1 fully saturated rings. The Labute approximate surface area is 173 Å². The van der Waals surface area contributed by atoms with Crippen molar-refractivity contribution in [1.29, 1.82) is 0 Å². The van der Waals surface area contributed by atoms with Gasteiger partial charge in [0, 0.05) is 18.5 Å². The molecular formula is C20H25F2N7O. The predicted octanol–water partition coefficient (Wildman–Crippen LogP) is 3.33. The van der Waals surface area contributed by atoms with E-state index in [1.165, 1.54) is 0 Å². The molecule has 1 N–H and O–H groups in total. The number of nitrogens with zero attached hydrogens (tertiary/aromatic N) is 6. The van der Waals surface area contributed by atoms with Crippen molar-refractivity contribution in [2.45, 2.75) is 45.2 Å². The van der Waals surface area contributed by atoms with Gasteiger partial charge < -0.3 is 15.0 Å². The van der Waals surface area contributed by atoms with Crippen LogP contribution in [0.1, 0.15) is 32.8 Å². The highest BCUT2D eigenvalue weighted by Crippen LogP contribution is 2.33.